The molecule has 1 heterocycles. The van der Waals surface area contributed by atoms with E-state index in [0.29, 0.717) is 23.3 Å². The van der Waals surface area contributed by atoms with Crippen molar-refractivity contribution in [2.24, 2.45) is 0 Å². The number of sulfonamides is 1. The second kappa shape index (κ2) is 11.8. The number of nitrogens with zero attached hydrogens (tertiary/aromatic N) is 2. The Morgan fingerprint density at radius 3 is 2.39 bits per heavy atom. The van der Waals surface area contributed by atoms with Gasteiger partial charge in [-0.25, -0.2) is 8.42 Å². The van der Waals surface area contributed by atoms with E-state index in [-0.39, 0.29) is 22.1 Å². The average Bonchev–Trinajstić information content (AvgIpc) is 3.37. The van der Waals surface area contributed by atoms with Crippen LogP contribution in [-0.4, -0.2) is 66.2 Å². The number of alkyl halides is 3. The molecule has 1 aliphatic rings. The minimum atomic E-state index is -4.69. The van der Waals surface area contributed by atoms with E-state index >= 15 is 0 Å². The number of ether oxygens (including phenoxy) is 2. The van der Waals surface area contributed by atoms with Gasteiger partial charge in [-0.15, -0.1) is 0 Å². The lowest BCUT2D eigenvalue weighted by atomic mass is 10.2. The van der Waals surface area contributed by atoms with Gasteiger partial charge in [0.2, 0.25) is 5.91 Å². The molecule has 0 bridgehead atoms. The summed E-state index contributed by atoms with van der Waals surface area (Å²) in [4.78, 5) is 14.7. The lowest BCUT2D eigenvalue weighted by Crippen LogP contribution is -2.41. The molecule has 1 fully saturated rings. The molecule has 0 aromatic heterocycles. The van der Waals surface area contributed by atoms with Crippen LogP contribution in [0.15, 0.2) is 47.4 Å². The lowest BCUT2D eigenvalue weighted by molar-refractivity contribution is -0.137. The summed E-state index contributed by atoms with van der Waals surface area (Å²) in [6, 6.07) is 7.67. The molecule has 0 unspecified atom stereocenters. The van der Waals surface area contributed by atoms with E-state index in [1.165, 1.54) is 38.5 Å². The molecule has 1 aliphatic heterocycles. The molecule has 198 valence electrons. The highest BCUT2D eigenvalue weighted by atomic mass is 32.2. The molecule has 0 atom stereocenters. The summed E-state index contributed by atoms with van der Waals surface area (Å²) < 4.78 is 78.1. The molecular weight excluding hydrogens is 499 g/mol. The monoisotopic (exact) mass is 529 g/mol. The molecule has 8 nitrogen and oxygen atoms in total. The van der Waals surface area contributed by atoms with Crippen LogP contribution in [0.5, 0.6) is 11.5 Å². The van der Waals surface area contributed by atoms with E-state index in [4.69, 9.17) is 9.47 Å². The van der Waals surface area contributed by atoms with Gasteiger partial charge in [-0.05, 0) is 69.2 Å². The summed E-state index contributed by atoms with van der Waals surface area (Å²) in [5.74, 6) is -0.232. The Labute approximate surface area is 209 Å². The van der Waals surface area contributed by atoms with Gasteiger partial charge < -0.3 is 19.7 Å². The Bertz CT molecular complexity index is 1150. The van der Waals surface area contributed by atoms with Gasteiger partial charge in [0.15, 0.2) is 11.5 Å². The van der Waals surface area contributed by atoms with Gasteiger partial charge >= 0.3 is 6.18 Å². The molecule has 1 saturated heterocycles. The molecule has 1 amide bonds. The summed E-state index contributed by atoms with van der Waals surface area (Å²) in [6.45, 7) is 2.47. The minimum absolute atomic E-state index is 0.119. The number of hydrogen-bond donors (Lipinski definition) is 1. The van der Waals surface area contributed by atoms with Crippen molar-refractivity contribution < 1.29 is 35.9 Å². The number of carbonyl (C=O) groups is 1. The number of likely N-dealkylation sites (tertiary alicyclic amines) is 1. The van der Waals surface area contributed by atoms with E-state index in [1.807, 2.05) is 0 Å². The first-order valence-corrected chi connectivity index (χ1v) is 12.9. The quantitative estimate of drug-likeness (QED) is 0.449. The number of carbonyl (C=O) groups excluding carboxylic acids is 1. The molecule has 1 N–H and O–H groups in total. The van der Waals surface area contributed by atoms with Crippen LogP contribution in [0, 0.1) is 0 Å². The van der Waals surface area contributed by atoms with Gasteiger partial charge in [0, 0.05) is 12.6 Å². The molecule has 0 aliphatic carbocycles. The van der Waals surface area contributed by atoms with Gasteiger partial charge in [-0.2, -0.15) is 13.2 Å². The number of methoxy groups -OCH3 is 2. The van der Waals surface area contributed by atoms with Crippen molar-refractivity contribution in [3.05, 3.63) is 48.0 Å². The van der Waals surface area contributed by atoms with Gasteiger partial charge in [-0.1, -0.05) is 6.07 Å². The SMILES string of the molecule is COc1ccc(S(=O)(=O)N(CC(=O)NCCCN2CCCC2)c2cccc(C(F)(F)F)c2)cc1OC. The van der Waals surface area contributed by atoms with Crippen LogP contribution in [0.2, 0.25) is 0 Å². The minimum Gasteiger partial charge on any atom is -0.493 e. The van der Waals surface area contributed by atoms with E-state index in [1.54, 1.807) is 0 Å². The van der Waals surface area contributed by atoms with Crippen LogP contribution in [0.3, 0.4) is 0 Å². The number of halogens is 3. The average molecular weight is 530 g/mol. The molecule has 12 heteroatoms. The predicted octanol–water partition coefficient (Wildman–Crippen LogP) is 3.52. The van der Waals surface area contributed by atoms with E-state index < -0.39 is 34.2 Å². The summed E-state index contributed by atoms with van der Waals surface area (Å²) in [7, 11) is -1.74. The van der Waals surface area contributed by atoms with Crippen LogP contribution in [-0.2, 0) is 21.0 Å². The van der Waals surface area contributed by atoms with Crippen LogP contribution < -0.4 is 19.1 Å². The zero-order valence-corrected chi connectivity index (χ0v) is 21.0. The summed E-state index contributed by atoms with van der Waals surface area (Å²) in [5, 5.41) is 2.68. The maximum absolute atomic E-state index is 13.6. The first-order chi connectivity index (χ1) is 17.1. The molecule has 0 spiro atoms. The zero-order chi connectivity index (χ0) is 26.3. The summed E-state index contributed by atoms with van der Waals surface area (Å²) in [6.07, 6.45) is -1.72. The maximum atomic E-state index is 13.6. The molecular formula is C24H30F3N3O5S. The Morgan fingerprint density at radius 2 is 1.75 bits per heavy atom. The van der Waals surface area contributed by atoms with Crippen LogP contribution in [0.4, 0.5) is 18.9 Å². The van der Waals surface area contributed by atoms with Crippen molar-refractivity contribution in [1.82, 2.24) is 10.2 Å². The van der Waals surface area contributed by atoms with Crippen molar-refractivity contribution in [3.63, 3.8) is 0 Å². The third-order valence-electron chi connectivity index (χ3n) is 5.86. The Hall–Kier alpha value is -2.99. The number of hydrogen-bond acceptors (Lipinski definition) is 6. The second-order valence-electron chi connectivity index (χ2n) is 8.33. The number of amides is 1. The summed E-state index contributed by atoms with van der Waals surface area (Å²) in [5.41, 5.74) is -1.31. The highest BCUT2D eigenvalue weighted by molar-refractivity contribution is 7.92. The van der Waals surface area contributed by atoms with Gasteiger partial charge in [0.25, 0.3) is 10.0 Å². The highest BCUT2D eigenvalue weighted by Crippen LogP contribution is 2.35. The van der Waals surface area contributed by atoms with Crippen molar-refractivity contribution in [1.29, 1.82) is 0 Å². The van der Waals surface area contributed by atoms with Crippen molar-refractivity contribution in [3.8, 4) is 11.5 Å². The molecule has 36 heavy (non-hydrogen) atoms. The number of rotatable bonds is 11. The first kappa shape index (κ1) is 27.6. The molecule has 0 radical (unpaired) electrons. The molecule has 0 saturated carbocycles. The van der Waals surface area contributed by atoms with E-state index in [0.717, 1.165) is 44.6 Å². The van der Waals surface area contributed by atoms with Gasteiger partial charge in [0.05, 0.1) is 30.4 Å². The van der Waals surface area contributed by atoms with Gasteiger partial charge in [-0.3, -0.25) is 9.10 Å². The zero-order valence-electron chi connectivity index (χ0n) is 20.2. The smallest absolute Gasteiger partial charge is 0.416 e. The van der Waals surface area contributed by atoms with Crippen molar-refractivity contribution in [2.75, 3.05) is 51.2 Å². The van der Waals surface area contributed by atoms with Crippen LogP contribution in [0.1, 0.15) is 24.8 Å². The number of benzene rings is 2. The van der Waals surface area contributed by atoms with Crippen LogP contribution >= 0.6 is 0 Å². The van der Waals surface area contributed by atoms with Crippen LogP contribution in [0.25, 0.3) is 0 Å². The third-order valence-corrected chi connectivity index (χ3v) is 7.63. The summed E-state index contributed by atoms with van der Waals surface area (Å²) >= 11 is 0. The predicted molar refractivity (Wildman–Crippen MR) is 129 cm³/mol. The normalized spacial score (nSPS) is 14.5. The topological polar surface area (TPSA) is 88.2 Å². The molecule has 3 rings (SSSR count). The number of nitrogens with one attached hydrogen (secondary N) is 1. The fourth-order valence-corrected chi connectivity index (χ4v) is 5.41. The third kappa shape index (κ3) is 6.82. The maximum Gasteiger partial charge on any atom is 0.416 e. The Kier molecular flexibility index (Phi) is 9.07. The van der Waals surface area contributed by atoms with Crippen molar-refractivity contribution in [2.45, 2.75) is 30.3 Å². The van der Waals surface area contributed by atoms with Gasteiger partial charge in [0.1, 0.15) is 6.54 Å². The Morgan fingerprint density at radius 1 is 1.06 bits per heavy atom. The highest BCUT2D eigenvalue weighted by Gasteiger charge is 2.33. The Balaban J connectivity index is 1.86. The lowest BCUT2D eigenvalue weighted by Gasteiger charge is -2.25. The standard InChI is InChI=1S/C24H30F3N3O5S/c1-34-21-10-9-20(16-22(21)35-2)36(32,33)30(19-8-5-7-18(15-19)24(25,26)27)17-23(31)28-11-6-14-29-12-3-4-13-29/h5,7-10,15-16H,3-4,6,11-14,17H2,1-2H3,(H,28,31). The number of anilines is 1. The fraction of sp³-hybridized carbons (Fsp3) is 0.458. The first-order valence-electron chi connectivity index (χ1n) is 11.5. The fourth-order valence-electron chi connectivity index (χ4n) is 3.98. The van der Waals surface area contributed by atoms with E-state index in [2.05, 4.69) is 10.2 Å². The molecule has 2 aromatic rings. The molecule has 2 aromatic carbocycles. The largest absolute Gasteiger partial charge is 0.493 e. The second-order valence-corrected chi connectivity index (χ2v) is 10.2. The van der Waals surface area contributed by atoms with Crippen molar-refractivity contribution >= 4 is 21.6 Å². The van der Waals surface area contributed by atoms with E-state index in [9.17, 15) is 26.4 Å².